The fourth-order valence-electron chi connectivity index (χ4n) is 1.02. The van der Waals surface area contributed by atoms with Gasteiger partial charge in [-0.2, -0.15) is 5.10 Å². The molecule has 0 radical (unpaired) electrons. The van der Waals surface area contributed by atoms with Crippen LogP contribution >= 0.6 is 0 Å². The van der Waals surface area contributed by atoms with E-state index in [1.54, 1.807) is 12.3 Å². The molecule has 12 heavy (non-hydrogen) atoms. The molecule has 0 saturated carbocycles. The summed E-state index contributed by atoms with van der Waals surface area (Å²) in [6.45, 7) is 11.9. The standard InChI is InChI=1S/C10H14N2/c1-5-10-9(6-11-12-10)8(4)7(2)3/h5-7H,1,4H2,2-3H3,(H,11,12). The molecule has 1 aromatic heterocycles. The molecule has 2 heteroatoms. The van der Waals surface area contributed by atoms with Crippen LogP contribution in [0.15, 0.2) is 19.4 Å². The summed E-state index contributed by atoms with van der Waals surface area (Å²) in [5.74, 6) is 0.446. The number of hydrogen-bond donors (Lipinski definition) is 1. The maximum absolute atomic E-state index is 4.00. The summed E-state index contributed by atoms with van der Waals surface area (Å²) in [5, 5.41) is 6.80. The zero-order chi connectivity index (χ0) is 9.14. The second kappa shape index (κ2) is 3.39. The van der Waals surface area contributed by atoms with E-state index >= 15 is 0 Å². The summed E-state index contributed by atoms with van der Waals surface area (Å²) >= 11 is 0. The van der Waals surface area contributed by atoms with Gasteiger partial charge in [0.1, 0.15) is 0 Å². The van der Waals surface area contributed by atoms with Crippen LogP contribution in [0.3, 0.4) is 0 Å². The number of nitrogens with one attached hydrogen (secondary N) is 1. The van der Waals surface area contributed by atoms with Gasteiger partial charge in [0, 0.05) is 5.56 Å². The van der Waals surface area contributed by atoms with Crippen LogP contribution in [-0.2, 0) is 0 Å². The Morgan fingerprint density at radius 2 is 2.33 bits per heavy atom. The van der Waals surface area contributed by atoms with Crippen LogP contribution in [0.1, 0.15) is 25.1 Å². The topological polar surface area (TPSA) is 28.7 Å². The summed E-state index contributed by atoms with van der Waals surface area (Å²) in [5.41, 5.74) is 3.12. The molecule has 0 bridgehead atoms. The lowest BCUT2D eigenvalue weighted by atomic mass is 9.98. The minimum absolute atomic E-state index is 0.446. The van der Waals surface area contributed by atoms with Crippen molar-refractivity contribution in [2.24, 2.45) is 5.92 Å². The van der Waals surface area contributed by atoms with Crippen LogP contribution in [0.4, 0.5) is 0 Å². The molecule has 0 aliphatic heterocycles. The van der Waals surface area contributed by atoms with Crippen molar-refractivity contribution in [2.45, 2.75) is 13.8 Å². The first-order valence-electron chi connectivity index (χ1n) is 4.01. The van der Waals surface area contributed by atoms with Crippen molar-refractivity contribution in [1.29, 1.82) is 0 Å². The summed E-state index contributed by atoms with van der Waals surface area (Å²) in [4.78, 5) is 0. The largest absolute Gasteiger partial charge is 0.278 e. The van der Waals surface area contributed by atoms with E-state index in [1.165, 1.54) is 0 Å². The van der Waals surface area contributed by atoms with Crippen LogP contribution in [0.5, 0.6) is 0 Å². The lowest BCUT2D eigenvalue weighted by molar-refractivity contribution is 0.857. The molecular weight excluding hydrogens is 148 g/mol. The number of aromatic amines is 1. The van der Waals surface area contributed by atoms with Gasteiger partial charge >= 0.3 is 0 Å². The summed E-state index contributed by atoms with van der Waals surface area (Å²) in [6, 6.07) is 0. The van der Waals surface area contributed by atoms with Gasteiger partial charge in [-0.05, 0) is 17.6 Å². The number of H-pyrrole nitrogens is 1. The highest BCUT2D eigenvalue weighted by molar-refractivity contribution is 5.71. The number of hydrogen-bond acceptors (Lipinski definition) is 1. The minimum Gasteiger partial charge on any atom is -0.278 e. The molecule has 0 aliphatic rings. The highest BCUT2D eigenvalue weighted by Crippen LogP contribution is 2.23. The zero-order valence-electron chi connectivity index (χ0n) is 7.59. The monoisotopic (exact) mass is 162 g/mol. The Hall–Kier alpha value is -1.31. The van der Waals surface area contributed by atoms with E-state index in [2.05, 4.69) is 37.2 Å². The van der Waals surface area contributed by atoms with Gasteiger partial charge in [-0.25, -0.2) is 0 Å². The Kier molecular flexibility index (Phi) is 2.48. The molecule has 0 spiro atoms. The van der Waals surface area contributed by atoms with Crippen molar-refractivity contribution >= 4 is 11.6 Å². The lowest BCUT2D eigenvalue weighted by Gasteiger charge is -2.07. The highest BCUT2D eigenvalue weighted by atomic mass is 15.1. The normalized spacial score (nSPS) is 10.2. The van der Waals surface area contributed by atoms with E-state index in [-0.39, 0.29) is 0 Å². The second-order valence-corrected chi connectivity index (χ2v) is 3.08. The molecular formula is C10H14N2. The predicted octanol–water partition coefficient (Wildman–Crippen LogP) is 2.72. The third kappa shape index (κ3) is 1.47. The third-order valence-corrected chi connectivity index (χ3v) is 1.92. The van der Waals surface area contributed by atoms with Crippen molar-refractivity contribution < 1.29 is 0 Å². The Morgan fingerprint density at radius 1 is 1.67 bits per heavy atom. The van der Waals surface area contributed by atoms with Gasteiger partial charge in [0.05, 0.1) is 11.9 Å². The van der Waals surface area contributed by atoms with Crippen LogP contribution in [0.2, 0.25) is 0 Å². The van der Waals surface area contributed by atoms with Gasteiger partial charge in [0.25, 0.3) is 0 Å². The molecule has 1 N–H and O–H groups in total. The van der Waals surface area contributed by atoms with Gasteiger partial charge in [0.2, 0.25) is 0 Å². The molecule has 0 fully saturated rings. The average molecular weight is 162 g/mol. The molecule has 1 rings (SSSR count). The van der Waals surface area contributed by atoms with E-state index in [1.807, 2.05) is 0 Å². The third-order valence-electron chi connectivity index (χ3n) is 1.92. The van der Waals surface area contributed by atoms with E-state index in [0.29, 0.717) is 5.92 Å². The first-order valence-corrected chi connectivity index (χ1v) is 4.01. The minimum atomic E-state index is 0.446. The van der Waals surface area contributed by atoms with E-state index in [4.69, 9.17) is 0 Å². The van der Waals surface area contributed by atoms with Gasteiger partial charge in [-0.3, -0.25) is 5.10 Å². The Labute approximate surface area is 73.0 Å². The van der Waals surface area contributed by atoms with Gasteiger partial charge in [-0.15, -0.1) is 0 Å². The molecule has 1 aromatic rings. The van der Waals surface area contributed by atoms with Crippen LogP contribution in [0.25, 0.3) is 11.6 Å². The number of allylic oxidation sites excluding steroid dienone is 1. The summed E-state index contributed by atoms with van der Waals surface area (Å²) in [7, 11) is 0. The first-order chi connectivity index (χ1) is 5.66. The van der Waals surface area contributed by atoms with E-state index in [9.17, 15) is 0 Å². The second-order valence-electron chi connectivity index (χ2n) is 3.08. The highest BCUT2D eigenvalue weighted by Gasteiger charge is 2.08. The molecule has 64 valence electrons. The van der Waals surface area contributed by atoms with Gasteiger partial charge in [0.15, 0.2) is 0 Å². The maximum atomic E-state index is 4.00. The van der Waals surface area contributed by atoms with Gasteiger partial charge < -0.3 is 0 Å². The Bertz CT molecular complexity index is 295. The van der Waals surface area contributed by atoms with E-state index < -0.39 is 0 Å². The Balaban J connectivity index is 3.01. The van der Waals surface area contributed by atoms with Crippen LogP contribution in [-0.4, -0.2) is 10.2 Å². The first kappa shape index (κ1) is 8.78. The van der Waals surface area contributed by atoms with E-state index in [0.717, 1.165) is 16.8 Å². The molecule has 0 aromatic carbocycles. The van der Waals surface area contributed by atoms with Crippen molar-refractivity contribution in [3.63, 3.8) is 0 Å². The smallest absolute Gasteiger partial charge is 0.0647 e. The van der Waals surface area contributed by atoms with Crippen molar-refractivity contribution in [3.8, 4) is 0 Å². The van der Waals surface area contributed by atoms with Crippen molar-refractivity contribution in [1.82, 2.24) is 10.2 Å². The average Bonchev–Trinajstić information content (AvgIpc) is 2.49. The molecule has 0 saturated heterocycles. The molecule has 1 heterocycles. The van der Waals surface area contributed by atoms with Gasteiger partial charge in [-0.1, -0.05) is 27.0 Å². The summed E-state index contributed by atoms with van der Waals surface area (Å²) < 4.78 is 0. The number of rotatable bonds is 3. The maximum Gasteiger partial charge on any atom is 0.0647 e. The molecule has 2 nitrogen and oxygen atoms in total. The SMILES string of the molecule is C=Cc1[nH]ncc1C(=C)C(C)C. The summed E-state index contributed by atoms with van der Waals surface area (Å²) in [6.07, 6.45) is 3.55. The molecule has 0 unspecified atom stereocenters. The Morgan fingerprint density at radius 3 is 2.83 bits per heavy atom. The predicted molar refractivity (Wildman–Crippen MR) is 52.6 cm³/mol. The lowest BCUT2D eigenvalue weighted by Crippen LogP contribution is -1.92. The van der Waals surface area contributed by atoms with Crippen molar-refractivity contribution in [2.75, 3.05) is 0 Å². The molecule has 0 amide bonds. The number of aromatic nitrogens is 2. The van der Waals surface area contributed by atoms with Crippen LogP contribution in [0, 0.1) is 5.92 Å². The molecule has 0 aliphatic carbocycles. The molecule has 0 atom stereocenters. The number of nitrogens with zero attached hydrogens (tertiary/aromatic N) is 1. The fraction of sp³-hybridized carbons (Fsp3) is 0.300. The van der Waals surface area contributed by atoms with Crippen molar-refractivity contribution in [3.05, 3.63) is 30.6 Å². The quantitative estimate of drug-likeness (QED) is 0.727. The fourth-order valence-corrected chi connectivity index (χ4v) is 1.02. The zero-order valence-corrected chi connectivity index (χ0v) is 7.59. The van der Waals surface area contributed by atoms with Crippen LogP contribution < -0.4 is 0 Å².